The summed E-state index contributed by atoms with van der Waals surface area (Å²) in [5.41, 5.74) is 1.70. The molecule has 8 nitrogen and oxygen atoms in total. The lowest BCUT2D eigenvalue weighted by molar-refractivity contribution is -0.384. The molecule has 0 bridgehead atoms. The standard InChI is InChI=1S/C25H30N4O4/c30-24(21-9-10-22(23(19-21)29(32)33)27-12-5-2-6-13-27)11-14-26-15-17-28(18-16-26)25(31)20-7-3-1-4-8-20/h1,3-4,7-10,19H,2,5-6,11-18H2. The van der Waals surface area contributed by atoms with E-state index >= 15 is 0 Å². The molecule has 1 amide bonds. The van der Waals surface area contributed by atoms with E-state index < -0.39 is 0 Å². The molecule has 2 aliphatic heterocycles. The SMILES string of the molecule is O=C(CCN1CCN(C(=O)c2ccccc2)CC1)c1ccc(N2CCCCC2)c([N+](=O)[O-])c1. The fourth-order valence-electron chi connectivity index (χ4n) is 4.59. The number of carbonyl (C=O) groups is 2. The molecule has 2 heterocycles. The lowest BCUT2D eigenvalue weighted by Gasteiger charge is -2.34. The van der Waals surface area contributed by atoms with Gasteiger partial charge in [-0.2, -0.15) is 0 Å². The highest BCUT2D eigenvalue weighted by atomic mass is 16.6. The molecule has 0 N–H and O–H groups in total. The first-order valence-electron chi connectivity index (χ1n) is 11.7. The number of piperidine rings is 1. The number of benzene rings is 2. The van der Waals surface area contributed by atoms with Gasteiger partial charge in [0.05, 0.1) is 4.92 Å². The molecule has 2 saturated heterocycles. The van der Waals surface area contributed by atoms with E-state index in [2.05, 4.69) is 4.90 Å². The first-order chi connectivity index (χ1) is 16.0. The van der Waals surface area contributed by atoms with Crippen LogP contribution in [0, 0.1) is 10.1 Å². The third kappa shape index (κ3) is 5.57. The Labute approximate surface area is 193 Å². The van der Waals surface area contributed by atoms with Gasteiger partial charge >= 0.3 is 0 Å². The normalized spacial score (nSPS) is 17.1. The summed E-state index contributed by atoms with van der Waals surface area (Å²) in [4.78, 5) is 42.7. The Morgan fingerprint density at radius 2 is 1.55 bits per heavy atom. The van der Waals surface area contributed by atoms with Crippen molar-refractivity contribution in [3.63, 3.8) is 0 Å². The maximum atomic E-state index is 12.8. The first-order valence-corrected chi connectivity index (χ1v) is 11.7. The number of nitrogens with zero attached hydrogens (tertiary/aromatic N) is 4. The third-order valence-electron chi connectivity index (χ3n) is 6.53. The van der Waals surface area contributed by atoms with Crippen molar-refractivity contribution in [3.05, 3.63) is 69.8 Å². The summed E-state index contributed by atoms with van der Waals surface area (Å²) in [6.45, 7) is 4.86. The summed E-state index contributed by atoms with van der Waals surface area (Å²) >= 11 is 0. The van der Waals surface area contributed by atoms with E-state index in [0.717, 1.165) is 32.4 Å². The summed E-state index contributed by atoms with van der Waals surface area (Å²) in [5, 5.41) is 11.7. The van der Waals surface area contributed by atoms with E-state index in [0.29, 0.717) is 56.0 Å². The molecule has 2 aliphatic rings. The Kier molecular flexibility index (Phi) is 7.34. The Morgan fingerprint density at radius 3 is 2.21 bits per heavy atom. The van der Waals surface area contributed by atoms with E-state index in [1.165, 1.54) is 6.07 Å². The summed E-state index contributed by atoms with van der Waals surface area (Å²) in [7, 11) is 0. The molecule has 0 aromatic heterocycles. The van der Waals surface area contributed by atoms with Gasteiger partial charge in [-0.25, -0.2) is 0 Å². The van der Waals surface area contributed by atoms with Crippen LogP contribution < -0.4 is 4.90 Å². The van der Waals surface area contributed by atoms with E-state index in [1.54, 1.807) is 12.1 Å². The predicted octanol–water partition coefficient (Wildman–Crippen LogP) is 3.62. The van der Waals surface area contributed by atoms with Crippen molar-refractivity contribution in [2.75, 3.05) is 50.7 Å². The number of anilines is 1. The highest BCUT2D eigenvalue weighted by molar-refractivity contribution is 5.97. The molecule has 8 heteroatoms. The number of hydrogen-bond donors (Lipinski definition) is 0. The summed E-state index contributed by atoms with van der Waals surface area (Å²) in [6.07, 6.45) is 3.51. The fraction of sp³-hybridized carbons (Fsp3) is 0.440. The fourth-order valence-corrected chi connectivity index (χ4v) is 4.59. The number of piperazine rings is 1. The summed E-state index contributed by atoms with van der Waals surface area (Å²) in [6, 6.07) is 14.1. The van der Waals surface area contributed by atoms with Gasteiger partial charge in [0.25, 0.3) is 11.6 Å². The van der Waals surface area contributed by atoms with Crippen LogP contribution in [0.4, 0.5) is 11.4 Å². The molecule has 0 saturated carbocycles. The molecule has 33 heavy (non-hydrogen) atoms. The number of hydrogen-bond acceptors (Lipinski definition) is 6. The molecule has 174 valence electrons. The quantitative estimate of drug-likeness (QED) is 0.364. The number of Topliss-reactive ketones (excluding diaryl/α,β-unsaturated/α-hetero) is 1. The second-order valence-electron chi connectivity index (χ2n) is 8.68. The van der Waals surface area contributed by atoms with E-state index in [4.69, 9.17) is 0 Å². The van der Waals surface area contributed by atoms with Crippen LogP contribution in [0.15, 0.2) is 48.5 Å². The first kappa shape index (κ1) is 22.9. The van der Waals surface area contributed by atoms with Crippen LogP contribution in [0.3, 0.4) is 0 Å². The number of amides is 1. The van der Waals surface area contributed by atoms with Crippen LogP contribution in [-0.2, 0) is 0 Å². The molecule has 2 aromatic carbocycles. The molecular formula is C25H30N4O4. The van der Waals surface area contributed by atoms with Crippen LogP contribution in [0.5, 0.6) is 0 Å². The third-order valence-corrected chi connectivity index (χ3v) is 6.53. The monoisotopic (exact) mass is 450 g/mol. The van der Waals surface area contributed by atoms with Gasteiger partial charge in [0.2, 0.25) is 0 Å². The van der Waals surface area contributed by atoms with Gasteiger partial charge in [-0.05, 0) is 43.5 Å². The van der Waals surface area contributed by atoms with Crippen LogP contribution in [0.2, 0.25) is 0 Å². The Hall–Kier alpha value is -3.26. The molecule has 2 aromatic rings. The lowest BCUT2D eigenvalue weighted by atomic mass is 10.0. The van der Waals surface area contributed by atoms with Gasteiger partial charge in [-0.15, -0.1) is 0 Å². The van der Waals surface area contributed by atoms with Crippen LogP contribution >= 0.6 is 0 Å². The number of ketones is 1. The molecular weight excluding hydrogens is 420 g/mol. The molecule has 0 atom stereocenters. The zero-order valence-electron chi connectivity index (χ0n) is 18.8. The maximum Gasteiger partial charge on any atom is 0.293 e. The minimum Gasteiger partial charge on any atom is -0.366 e. The van der Waals surface area contributed by atoms with Gasteiger partial charge in [0.1, 0.15) is 5.69 Å². The number of rotatable bonds is 7. The smallest absolute Gasteiger partial charge is 0.293 e. The molecule has 2 fully saturated rings. The highest BCUT2D eigenvalue weighted by Crippen LogP contribution is 2.31. The average Bonchev–Trinajstić information content (AvgIpc) is 2.87. The Morgan fingerprint density at radius 1 is 0.848 bits per heavy atom. The van der Waals surface area contributed by atoms with E-state index in [-0.39, 0.29) is 22.3 Å². The van der Waals surface area contributed by atoms with Crippen molar-refractivity contribution in [1.29, 1.82) is 0 Å². The van der Waals surface area contributed by atoms with Crippen molar-refractivity contribution in [2.24, 2.45) is 0 Å². The van der Waals surface area contributed by atoms with Gasteiger partial charge < -0.3 is 9.80 Å². The predicted molar refractivity (Wildman–Crippen MR) is 127 cm³/mol. The molecule has 0 radical (unpaired) electrons. The van der Waals surface area contributed by atoms with Crippen molar-refractivity contribution in [1.82, 2.24) is 9.80 Å². The second-order valence-corrected chi connectivity index (χ2v) is 8.68. The van der Waals surface area contributed by atoms with Crippen molar-refractivity contribution in [2.45, 2.75) is 25.7 Å². The zero-order chi connectivity index (χ0) is 23.2. The maximum absolute atomic E-state index is 12.8. The van der Waals surface area contributed by atoms with Gasteiger partial charge in [0.15, 0.2) is 5.78 Å². The minimum atomic E-state index is -0.385. The summed E-state index contributed by atoms with van der Waals surface area (Å²) in [5.74, 6) is -0.0569. The van der Waals surface area contributed by atoms with Gasteiger partial charge in [0, 0.05) is 69.4 Å². The largest absolute Gasteiger partial charge is 0.366 e. The second kappa shape index (κ2) is 10.6. The zero-order valence-corrected chi connectivity index (χ0v) is 18.8. The number of nitro groups is 1. The topological polar surface area (TPSA) is 87.0 Å². The lowest BCUT2D eigenvalue weighted by Crippen LogP contribution is -2.49. The van der Waals surface area contributed by atoms with Gasteiger partial charge in [-0.3, -0.25) is 24.6 Å². The van der Waals surface area contributed by atoms with E-state index in [1.807, 2.05) is 40.1 Å². The summed E-state index contributed by atoms with van der Waals surface area (Å²) < 4.78 is 0. The molecule has 4 rings (SSSR count). The number of carbonyl (C=O) groups excluding carboxylic acids is 2. The van der Waals surface area contributed by atoms with Gasteiger partial charge in [-0.1, -0.05) is 18.2 Å². The highest BCUT2D eigenvalue weighted by Gasteiger charge is 2.25. The van der Waals surface area contributed by atoms with Crippen molar-refractivity contribution < 1.29 is 14.5 Å². The van der Waals surface area contributed by atoms with Crippen molar-refractivity contribution >= 4 is 23.1 Å². The Balaban J connectivity index is 1.31. The molecule has 0 unspecified atom stereocenters. The minimum absolute atomic E-state index is 0.00999. The van der Waals surface area contributed by atoms with E-state index in [9.17, 15) is 19.7 Å². The average molecular weight is 451 g/mol. The molecule has 0 spiro atoms. The van der Waals surface area contributed by atoms with Crippen LogP contribution in [-0.4, -0.2) is 72.2 Å². The Bertz CT molecular complexity index is 997. The van der Waals surface area contributed by atoms with Crippen LogP contribution in [0.25, 0.3) is 0 Å². The number of nitro benzene ring substituents is 1. The van der Waals surface area contributed by atoms with Crippen LogP contribution in [0.1, 0.15) is 46.4 Å². The molecule has 0 aliphatic carbocycles. The van der Waals surface area contributed by atoms with Crippen molar-refractivity contribution in [3.8, 4) is 0 Å².